The van der Waals surface area contributed by atoms with Gasteiger partial charge in [0.05, 0.1) is 32.3 Å². The minimum atomic E-state index is -4.94. The SMILES string of the molecule is NC(=O)C(c1ccccc1)(c1ccccc1)[C@@H]1CC[N+](CCc2ccc3c(c2)CCO3)(Cc2cc(C(O)CNCCCCCCOCCCCc3ccccc3)ccc2OP(=O)(O)O)C1. The van der Waals surface area contributed by atoms with Gasteiger partial charge >= 0.3 is 7.82 Å². The summed E-state index contributed by atoms with van der Waals surface area (Å²) in [6, 6.07) is 41.5. The van der Waals surface area contributed by atoms with Gasteiger partial charge in [-0.25, -0.2) is 4.57 Å². The maximum Gasteiger partial charge on any atom is 0.524 e. The number of carbonyl (C=O) groups is 1. The summed E-state index contributed by atoms with van der Waals surface area (Å²) in [5, 5.41) is 14.9. The van der Waals surface area contributed by atoms with Gasteiger partial charge < -0.3 is 34.6 Å². The van der Waals surface area contributed by atoms with Crippen molar-refractivity contribution in [3.8, 4) is 11.5 Å². The fourth-order valence-corrected chi connectivity index (χ4v) is 10.5. The first-order chi connectivity index (χ1) is 31.5. The molecule has 2 aliphatic rings. The van der Waals surface area contributed by atoms with Gasteiger partial charge in [0, 0.05) is 50.5 Å². The number of hydrogen-bond acceptors (Lipinski definition) is 7. The van der Waals surface area contributed by atoms with Gasteiger partial charge in [-0.1, -0.05) is 122 Å². The molecule has 1 saturated heterocycles. The van der Waals surface area contributed by atoms with Gasteiger partial charge in [0.1, 0.15) is 23.5 Å². The molecule has 0 spiro atoms. The first-order valence-corrected chi connectivity index (χ1v) is 25.0. The molecule has 6 N–H and O–H groups in total. The summed E-state index contributed by atoms with van der Waals surface area (Å²) in [6.45, 7) is 5.59. The number of amides is 1. The van der Waals surface area contributed by atoms with Crippen LogP contribution in [0, 0.1) is 5.92 Å². The maximum atomic E-state index is 14.1. The van der Waals surface area contributed by atoms with Gasteiger partial charge in [-0.2, -0.15) is 0 Å². The zero-order valence-electron chi connectivity index (χ0n) is 37.6. The number of quaternary nitrogens is 1. The molecule has 3 atom stereocenters. The highest BCUT2D eigenvalue weighted by atomic mass is 31.2. The molecule has 2 unspecified atom stereocenters. The Bertz CT molecular complexity index is 2270. The van der Waals surface area contributed by atoms with Crippen molar-refractivity contribution >= 4 is 13.7 Å². The smallest absolute Gasteiger partial charge is 0.493 e. The van der Waals surface area contributed by atoms with Crippen molar-refractivity contribution in [1.82, 2.24) is 5.32 Å². The monoisotopic (exact) mass is 904 g/mol. The molecule has 1 fully saturated rings. The highest BCUT2D eigenvalue weighted by molar-refractivity contribution is 7.46. The zero-order chi connectivity index (χ0) is 45.5. The third kappa shape index (κ3) is 13.0. The highest BCUT2D eigenvalue weighted by Crippen LogP contribution is 2.47. The minimum absolute atomic E-state index is 0.0707. The van der Waals surface area contributed by atoms with Gasteiger partial charge in [-0.05, 0) is 90.2 Å². The number of benzene rings is 5. The Morgan fingerprint density at radius 1 is 0.815 bits per heavy atom. The number of fused-ring (bicyclic) bond motifs is 1. The number of phosphoric ester groups is 1. The van der Waals surface area contributed by atoms with Gasteiger partial charge in [-0.15, -0.1) is 0 Å². The predicted octanol–water partition coefficient (Wildman–Crippen LogP) is 8.37. The van der Waals surface area contributed by atoms with Crippen LogP contribution >= 0.6 is 7.82 Å². The summed E-state index contributed by atoms with van der Waals surface area (Å²) in [6.07, 6.45) is 8.82. The Labute approximate surface area is 384 Å². The van der Waals surface area contributed by atoms with E-state index in [1.54, 1.807) is 12.1 Å². The molecule has 1 amide bonds. The van der Waals surface area contributed by atoms with Crippen LogP contribution in [0.4, 0.5) is 0 Å². The Morgan fingerprint density at radius 2 is 1.49 bits per heavy atom. The van der Waals surface area contributed by atoms with Gasteiger partial charge in [0.2, 0.25) is 5.91 Å². The number of aliphatic hydroxyl groups is 1. The van der Waals surface area contributed by atoms with Crippen molar-refractivity contribution in [3.05, 3.63) is 166 Å². The van der Waals surface area contributed by atoms with Gasteiger partial charge in [0.25, 0.3) is 0 Å². The molecule has 0 radical (unpaired) electrons. The number of phosphoric acid groups is 1. The summed E-state index contributed by atoms with van der Waals surface area (Å²) in [5.74, 6) is 0.365. The molecule has 65 heavy (non-hydrogen) atoms. The number of likely N-dealkylation sites (tertiary alicyclic amines) is 1. The quantitative estimate of drug-likeness (QED) is 0.0209. The molecule has 0 aromatic heterocycles. The van der Waals surface area contributed by atoms with Crippen molar-refractivity contribution in [2.75, 3.05) is 52.5 Å². The largest absolute Gasteiger partial charge is 0.524 e. The molecule has 0 bridgehead atoms. The Balaban J connectivity index is 1.03. The summed E-state index contributed by atoms with van der Waals surface area (Å²) in [5.41, 5.74) is 12.0. The Kier molecular flexibility index (Phi) is 17.1. The number of nitrogens with zero attached hydrogens (tertiary/aromatic N) is 1. The molecule has 5 aromatic rings. The number of aryl methyl sites for hydroxylation is 1. The molecule has 346 valence electrons. The molecule has 5 aromatic carbocycles. The van der Waals surface area contributed by atoms with E-state index in [9.17, 15) is 24.3 Å². The number of aliphatic hydroxyl groups excluding tert-OH is 1. The third-order valence-electron chi connectivity index (χ3n) is 13.4. The minimum Gasteiger partial charge on any atom is -0.493 e. The number of unbranched alkanes of at least 4 members (excludes halogenated alkanes) is 4. The van der Waals surface area contributed by atoms with E-state index < -0.39 is 25.2 Å². The lowest BCUT2D eigenvalue weighted by Crippen LogP contribution is -2.52. The standard InChI is InChI=1S/C53H66N3O8P/c54-52(58)53(46-19-8-4-9-20-46,47-21-10-5-11-22-47)48-28-32-56(40-48,31-27-42-23-25-50-44(36-42)29-35-63-50)39-45-37-43(24-26-51(45)64-65(59,60)61)49(57)38-55-30-13-1-2-14-33-62-34-15-12-18-41-16-6-3-7-17-41/h3-11,16-17,19-26,36-37,48-49,55,57H,1-2,12-15,18,27-35,38-40H2,(H3-,54,58,59,60,61)/p+1/t48-,49?,56?/m1/s1. The summed E-state index contributed by atoms with van der Waals surface area (Å²) >= 11 is 0. The molecule has 2 heterocycles. The van der Waals surface area contributed by atoms with Crippen LogP contribution in [0.15, 0.2) is 127 Å². The molecule has 11 nitrogen and oxygen atoms in total. The molecule has 0 aliphatic carbocycles. The first kappa shape index (κ1) is 48.1. The third-order valence-corrected chi connectivity index (χ3v) is 13.9. The van der Waals surface area contributed by atoms with E-state index in [2.05, 4.69) is 41.7 Å². The summed E-state index contributed by atoms with van der Waals surface area (Å²) in [7, 11) is -4.94. The number of carbonyl (C=O) groups excluding carboxylic acids is 1. The lowest BCUT2D eigenvalue weighted by molar-refractivity contribution is -0.931. The Hall–Kier alpha value is -4.84. The van der Waals surface area contributed by atoms with E-state index >= 15 is 0 Å². The second-order valence-electron chi connectivity index (χ2n) is 17.9. The van der Waals surface area contributed by atoms with Crippen molar-refractivity contribution in [3.63, 3.8) is 0 Å². The van der Waals surface area contributed by atoms with E-state index in [-0.39, 0.29) is 11.7 Å². The Morgan fingerprint density at radius 3 is 2.18 bits per heavy atom. The lowest BCUT2D eigenvalue weighted by atomic mass is 9.64. The van der Waals surface area contributed by atoms with E-state index in [4.69, 9.17) is 19.7 Å². The van der Waals surface area contributed by atoms with E-state index in [0.29, 0.717) is 61.4 Å². The number of nitrogens with two attached hydrogens (primary N) is 1. The number of ether oxygens (including phenoxy) is 2. The average molecular weight is 905 g/mol. The number of hydrogen-bond donors (Lipinski definition) is 5. The molecule has 0 saturated carbocycles. The van der Waals surface area contributed by atoms with Crippen LogP contribution in [0.2, 0.25) is 0 Å². The van der Waals surface area contributed by atoms with Crippen molar-refractivity contribution in [2.45, 2.75) is 82.3 Å². The number of nitrogens with one attached hydrogen (secondary N) is 1. The molecule has 2 aliphatic heterocycles. The van der Waals surface area contributed by atoms with Crippen LogP contribution in [0.1, 0.15) is 90.0 Å². The van der Waals surface area contributed by atoms with Crippen LogP contribution in [0.25, 0.3) is 0 Å². The van der Waals surface area contributed by atoms with Crippen LogP contribution < -0.4 is 20.3 Å². The second kappa shape index (κ2) is 23.1. The molecule has 7 rings (SSSR count). The predicted molar refractivity (Wildman–Crippen MR) is 254 cm³/mol. The number of primary amides is 1. The molecular formula is C53H67N3O8P+. The van der Waals surface area contributed by atoms with Crippen LogP contribution in [-0.2, 0) is 45.3 Å². The summed E-state index contributed by atoms with van der Waals surface area (Å²) < 4.78 is 29.9. The topological polar surface area (TPSA) is 161 Å². The van der Waals surface area contributed by atoms with Crippen molar-refractivity contribution in [1.29, 1.82) is 0 Å². The highest BCUT2D eigenvalue weighted by Gasteiger charge is 2.54. The second-order valence-corrected chi connectivity index (χ2v) is 19.1. The van der Waals surface area contributed by atoms with Crippen LogP contribution in [0.3, 0.4) is 0 Å². The van der Waals surface area contributed by atoms with E-state index in [1.165, 1.54) is 16.7 Å². The van der Waals surface area contributed by atoms with Gasteiger partial charge in [-0.3, -0.25) is 14.6 Å². The van der Waals surface area contributed by atoms with Crippen molar-refractivity contribution in [2.24, 2.45) is 11.7 Å². The first-order valence-electron chi connectivity index (χ1n) is 23.4. The van der Waals surface area contributed by atoms with E-state index in [1.807, 2.05) is 78.9 Å². The van der Waals surface area contributed by atoms with Crippen LogP contribution in [-0.4, -0.2) is 77.8 Å². The van der Waals surface area contributed by atoms with Gasteiger partial charge in [0.15, 0.2) is 0 Å². The zero-order valence-corrected chi connectivity index (χ0v) is 38.5. The summed E-state index contributed by atoms with van der Waals surface area (Å²) in [4.78, 5) is 34.2. The fraction of sp³-hybridized carbons (Fsp3) is 0.415. The maximum absolute atomic E-state index is 14.1. The average Bonchev–Trinajstić information content (AvgIpc) is 3.96. The fourth-order valence-electron chi connectivity index (χ4n) is 10.1. The normalized spacial score (nSPS) is 17.7. The van der Waals surface area contributed by atoms with Crippen molar-refractivity contribution < 1.29 is 42.7 Å². The van der Waals surface area contributed by atoms with Crippen LogP contribution in [0.5, 0.6) is 11.5 Å². The van der Waals surface area contributed by atoms with E-state index in [0.717, 1.165) is 94.4 Å². The molecular weight excluding hydrogens is 838 g/mol. The lowest BCUT2D eigenvalue weighted by Gasteiger charge is -2.40. The number of rotatable bonds is 26. The molecule has 12 heteroatoms.